The average molecular weight is 153 g/mol. The van der Waals surface area contributed by atoms with Gasteiger partial charge in [0.25, 0.3) is 0 Å². The highest BCUT2D eigenvalue weighted by Crippen LogP contribution is 2.17. The van der Waals surface area contributed by atoms with E-state index in [4.69, 9.17) is 0 Å². The molecule has 1 rings (SSSR count). The van der Waals surface area contributed by atoms with E-state index in [2.05, 4.69) is 11.9 Å². The Morgan fingerprint density at radius 2 is 2.45 bits per heavy atom. The van der Waals surface area contributed by atoms with Gasteiger partial charge in [-0.1, -0.05) is 13.0 Å². The molecule has 1 aliphatic heterocycles. The van der Waals surface area contributed by atoms with Crippen molar-refractivity contribution in [1.82, 2.24) is 5.32 Å². The summed E-state index contributed by atoms with van der Waals surface area (Å²) in [5.74, 6) is 1.11. The van der Waals surface area contributed by atoms with Crippen LogP contribution in [-0.2, 0) is 4.79 Å². The molecule has 1 fully saturated rings. The van der Waals surface area contributed by atoms with E-state index < -0.39 is 0 Å². The normalized spacial score (nSPS) is 20.5. The molecule has 0 bridgehead atoms. The summed E-state index contributed by atoms with van der Waals surface area (Å²) in [6.07, 6.45) is 2.21. The molecule has 1 atom stereocenters. The van der Waals surface area contributed by atoms with Crippen molar-refractivity contribution < 1.29 is 4.79 Å². The first-order chi connectivity index (χ1) is 5.25. The van der Waals surface area contributed by atoms with Crippen molar-refractivity contribution in [1.29, 1.82) is 0 Å². The van der Waals surface area contributed by atoms with Crippen LogP contribution < -0.4 is 5.32 Å². The van der Waals surface area contributed by atoms with Gasteiger partial charge in [-0.3, -0.25) is 4.79 Å². The zero-order valence-electron chi connectivity index (χ0n) is 6.97. The van der Waals surface area contributed by atoms with Gasteiger partial charge >= 0.3 is 0 Å². The lowest BCUT2D eigenvalue weighted by molar-refractivity contribution is -0.123. The second-order valence-electron chi connectivity index (χ2n) is 3.17. The highest BCUT2D eigenvalue weighted by atomic mass is 16.1. The van der Waals surface area contributed by atoms with Gasteiger partial charge in [-0.25, -0.2) is 0 Å². The average Bonchev–Trinajstić information content (AvgIpc) is 1.84. The van der Waals surface area contributed by atoms with Crippen molar-refractivity contribution in [2.75, 3.05) is 13.1 Å². The van der Waals surface area contributed by atoms with Crippen molar-refractivity contribution in [3.8, 4) is 0 Å². The Bertz CT molecular complexity index is 161. The van der Waals surface area contributed by atoms with E-state index in [-0.39, 0.29) is 5.92 Å². The van der Waals surface area contributed by atoms with Crippen LogP contribution in [0.3, 0.4) is 0 Å². The molecule has 0 aromatic carbocycles. The molecule has 0 aromatic heterocycles. The number of carbonyl (C=O) groups is 1. The summed E-state index contributed by atoms with van der Waals surface area (Å²) in [5.41, 5.74) is 0. The lowest BCUT2D eigenvalue weighted by atomic mass is 9.85. The molecule has 0 amide bonds. The minimum atomic E-state index is 0.217. The molecule has 1 heterocycles. The Morgan fingerprint density at radius 1 is 1.82 bits per heavy atom. The molecule has 0 saturated carbocycles. The van der Waals surface area contributed by atoms with Gasteiger partial charge in [0.15, 0.2) is 0 Å². The van der Waals surface area contributed by atoms with Gasteiger partial charge in [0.2, 0.25) is 0 Å². The van der Waals surface area contributed by atoms with Gasteiger partial charge in [-0.2, -0.15) is 0 Å². The zero-order chi connectivity index (χ0) is 8.27. The van der Waals surface area contributed by atoms with Gasteiger partial charge in [0.1, 0.15) is 5.78 Å². The third kappa shape index (κ3) is 1.90. The molecule has 0 radical (unpaired) electrons. The Morgan fingerprint density at radius 3 is 2.82 bits per heavy atom. The SMILES string of the molecule is C=CCC(=O)C(C)C1CNC1. The fourth-order valence-corrected chi connectivity index (χ4v) is 1.26. The van der Waals surface area contributed by atoms with E-state index in [1.165, 1.54) is 0 Å². The lowest BCUT2D eigenvalue weighted by Gasteiger charge is -2.31. The van der Waals surface area contributed by atoms with E-state index in [0.29, 0.717) is 18.1 Å². The first-order valence-corrected chi connectivity index (χ1v) is 4.10. The molecule has 2 heteroatoms. The van der Waals surface area contributed by atoms with Crippen LogP contribution in [0.2, 0.25) is 0 Å². The maximum Gasteiger partial charge on any atom is 0.139 e. The monoisotopic (exact) mass is 153 g/mol. The molecule has 0 spiro atoms. The highest BCUT2D eigenvalue weighted by Gasteiger charge is 2.27. The molecular formula is C9H15NO. The fourth-order valence-electron chi connectivity index (χ4n) is 1.26. The summed E-state index contributed by atoms with van der Waals surface area (Å²) in [5, 5.41) is 3.16. The van der Waals surface area contributed by atoms with E-state index in [0.717, 1.165) is 13.1 Å². The number of allylic oxidation sites excluding steroid dienone is 1. The molecule has 0 aliphatic carbocycles. The van der Waals surface area contributed by atoms with Gasteiger partial charge in [0, 0.05) is 12.3 Å². The van der Waals surface area contributed by atoms with Gasteiger partial charge < -0.3 is 5.32 Å². The quantitative estimate of drug-likeness (QED) is 0.610. The molecule has 2 nitrogen and oxygen atoms in total. The van der Waals surface area contributed by atoms with Crippen LogP contribution in [0.1, 0.15) is 13.3 Å². The molecule has 11 heavy (non-hydrogen) atoms. The number of hydrogen-bond donors (Lipinski definition) is 1. The minimum absolute atomic E-state index is 0.217. The smallest absolute Gasteiger partial charge is 0.139 e. The van der Waals surface area contributed by atoms with Crippen LogP contribution in [0.4, 0.5) is 0 Å². The van der Waals surface area contributed by atoms with Crippen molar-refractivity contribution in [3.63, 3.8) is 0 Å². The van der Waals surface area contributed by atoms with Crippen LogP contribution in [0.25, 0.3) is 0 Å². The Labute approximate surface area is 67.7 Å². The minimum Gasteiger partial charge on any atom is -0.316 e. The molecule has 1 N–H and O–H groups in total. The predicted molar refractivity (Wildman–Crippen MR) is 45.3 cm³/mol. The van der Waals surface area contributed by atoms with Gasteiger partial charge in [-0.15, -0.1) is 6.58 Å². The molecule has 62 valence electrons. The summed E-state index contributed by atoms with van der Waals surface area (Å²) in [4.78, 5) is 11.3. The molecule has 1 aliphatic rings. The Hall–Kier alpha value is -0.630. The standard InChI is InChI=1S/C9H15NO/c1-3-4-9(11)7(2)8-5-10-6-8/h3,7-8,10H,1,4-6H2,2H3. The van der Waals surface area contributed by atoms with E-state index in [1.807, 2.05) is 6.92 Å². The van der Waals surface area contributed by atoms with Crippen LogP contribution in [-0.4, -0.2) is 18.9 Å². The number of carbonyl (C=O) groups excluding carboxylic acids is 1. The number of nitrogens with one attached hydrogen (secondary N) is 1. The maximum absolute atomic E-state index is 11.3. The topological polar surface area (TPSA) is 29.1 Å². The summed E-state index contributed by atoms with van der Waals surface area (Å²) >= 11 is 0. The molecule has 1 saturated heterocycles. The molecular weight excluding hydrogens is 138 g/mol. The largest absolute Gasteiger partial charge is 0.316 e. The van der Waals surface area contributed by atoms with E-state index in [1.54, 1.807) is 6.08 Å². The number of ketones is 1. The van der Waals surface area contributed by atoms with Gasteiger partial charge in [-0.05, 0) is 19.0 Å². The molecule has 0 aromatic rings. The van der Waals surface area contributed by atoms with E-state index in [9.17, 15) is 4.79 Å². The second kappa shape index (κ2) is 3.67. The Kier molecular flexibility index (Phi) is 2.83. The second-order valence-corrected chi connectivity index (χ2v) is 3.17. The predicted octanol–water partition coefficient (Wildman–Crippen LogP) is 0.987. The fraction of sp³-hybridized carbons (Fsp3) is 0.667. The van der Waals surface area contributed by atoms with Gasteiger partial charge in [0.05, 0.1) is 0 Å². The third-order valence-electron chi connectivity index (χ3n) is 2.37. The van der Waals surface area contributed by atoms with Crippen LogP contribution in [0.15, 0.2) is 12.7 Å². The summed E-state index contributed by atoms with van der Waals surface area (Å²) in [6.45, 7) is 7.57. The number of Topliss-reactive ketones (excluding diaryl/α,β-unsaturated/α-hetero) is 1. The van der Waals surface area contributed by atoms with Crippen molar-refractivity contribution >= 4 is 5.78 Å². The maximum atomic E-state index is 11.3. The first kappa shape index (κ1) is 8.47. The van der Waals surface area contributed by atoms with Crippen molar-refractivity contribution in [2.45, 2.75) is 13.3 Å². The number of hydrogen-bond acceptors (Lipinski definition) is 2. The van der Waals surface area contributed by atoms with Crippen molar-refractivity contribution in [2.24, 2.45) is 11.8 Å². The van der Waals surface area contributed by atoms with Crippen LogP contribution >= 0.6 is 0 Å². The zero-order valence-corrected chi connectivity index (χ0v) is 6.97. The summed E-state index contributed by atoms with van der Waals surface area (Å²) in [7, 11) is 0. The number of rotatable bonds is 4. The highest BCUT2D eigenvalue weighted by molar-refractivity contribution is 5.82. The Balaban J connectivity index is 2.32. The summed E-state index contributed by atoms with van der Waals surface area (Å²) in [6, 6.07) is 0. The first-order valence-electron chi connectivity index (χ1n) is 4.10. The van der Waals surface area contributed by atoms with Crippen LogP contribution in [0.5, 0.6) is 0 Å². The van der Waals surface area contributed by atoms with E-state index >= 15 is 0 Å². The third-order valence-corrected chi connectivity index (χ3v) is 2.37. The van der Waals surface area contributed by atoms with Crippen LogP contribution in [0, 0.1) is 11.8 Å². The van der Waals surface area contributed by atoms with Crippen molar-refractivity contribution in [3.05, 3.63) is 12.7 Å². The molecule has 1 unspecified atom stereocenters. The lowest BCUT2D eigenvalue weighted by Crippen LogP contribution is -2.47. The summed E-state index contributed by atoms with van der Waals surface area (Å²) < 4.78 is 0.